The standard InChI is InChI=1S/C10H16Br2N2O2.C10H22Cl2N2O4.2C6H12Br2O4.C6H10N6O/c11-3-1-9(15)13-5-7-14(8-6-13)10(16)2-4-12;11-1-3-13-5-7(15)9(17)10(18)8(16)6-14-4-2-12;2*7-1-3(9)5(11)6(12)4(10)2-8;1-12(2)11-10-6-4(5(7)13)8-3-9-6/h1-8H2;7-10,13-18H,1-6H2;2*3-6,9-12H,1-2H2;3H,1-2H3,(H2,7,13)(H,8,9)/t;7-,8-,9-,10-;;;/m.1.../s1. The van der Waals surface area contributed by atoms with Crippen molar-refractivity contribution in [3.05, 3.63) is 12.0 Å². The van der Waals surface area contributed by atoms with Gasteiger partial charge in [0, 0.05) is 123 Å². The average molecular weight is 1460 g/mol. The topological polar surface area (TPSA) is 407 Å². The fourth-order valence-electron chi connectivity index (χ4n) is 4.96. The number of carbonyl (C=O) groups excluding carboxylic acids is 3. The minimum Gasteiger partial charge on any atom is -0.389 e. The van der Waals surface area contributed by atoms with Crippen molar-refractivity contribution in [2.24, 2.45) is 16.1 Å². The number of aromatic amines is 1. The van der Waals surface area contributed by atoms with Crippen LogP contribution in [-0.2, 0) is 9.59 Å². The predicted octanol–water partition coefficient (Wildman–Crippen LogP) is -2.18. The van der Waals surface area contributed by atoms with Crippen molar-refractivity contribution in [1.29, 1.82) is 0 Å². The number of aromatic nitrogens is 2. The molecule has 17 N–H and O–H groups in total. The summed E-state index contributed by atoms with van der Waals surface area (Å²) in [6.45, 7) is 3.82. The van der Waals surface area contributed by atoms with Gasteiger partial charge in [-0.05, 0) is 0 Å². The summed E-state index contributed by atoms with van der Waals surface area (Å²) in [6.07, 6.45) is -12.4. The molecule has 2 rings (SSSR count). The normalized spacial score (nSPS) is 17.5. The number of carbonyl (C=O) groups is 3. The molecule has 2 heterocycles. The van der Waals surface area contributed by atoms with E-state index in [-0.39, 0.29) is 57.7 Å². The maximum Gasteiger partial charge on any atom is 0.269 e. The molecule has 0 saturated carbocycles. The fourth-order valence-corrected chi connectivity index (χ4v) is 7.44. The molecule has 8 unspecified atom stereocenters. The van der Waals surface area contributed by atoms with Crippen molar-refractivity contribution in [3.63, 3.8) is 0 Å². The molecule has 0 radical (unpaired) electrons. The number of imidazole rings is 1. The SMILES string of the molecule is CN(C)N=Nc1nc[nH]c1C(N)=O.O=C(CCBr)N1CCN(C(=O)CCBr)CC1.OC(CBr)C(O)C(O)C(O)CBr.OC(CBr)C(O)C(O)C(O)CBr.O[C@@H]([C@H](O)[C@H](O)CNCCCl)[C@H](O)CNCCCl. The Kier molecular flexibility index (Phi) is 48.8. The number of alkyl halides is 8. The third kappa shape index (κ3) is 34.3. The number of aliphatic hydroxyl groups is 12. The Hall–Kier alpha value is -0.0800. The second kappa shape index (κ2) is 46.1. The number of nitrogens with zero attached hydrogens (tertiary/aromatic N) is 6. The van der Waals surface area contributed by atoms with Crippen LogP contribution in [0.2, 0.25) is 0 Å². The van der Waals surface area contributed by atoms with Gasteiger partial charge in [-0.3, -0.25) is 19.4 Å². The van der Waals surface area contributed by atoms with Crippen molar-refractivity contribution in [1.82, 2.24) is 35.4 Å². The number of nitrogens with one attached hydrogen (secondary N) is 3. The van der Waals surface area contributed by atoms with Crippen LogP contribution < -0.4 is 16.4 Å². The van der Waals surface area contributed by atoms with Gasteiger partial charge in [0.05, 0.1) is 43.0 Å². The van der Waals surface area contributed by atoms with Crippen LogP contribution in [0.5, 0.6) is 0 Å². The highest BCUT2D eigenvalue weighted by molar-refractivity contribution is 9.10. The number of H-pyrrole nitrogens is 1. The highest BCUT2D eigenvalue weighted by Crippen LogP contribution is 2.14. The number of hydrogen-bond acceptors (Lipinski definition) is 20. The van der Waals surface area contributed by atoms with Crippen LogP contribution in [0.1, 0.15) is 23.3 Å². The van der Waals surface area contributed by atoms with E-state index in [4.69, 9.17) is 49.4 Å². The molecule has 1 aromatic rings. The maximum atomic E-state index is 11.6. The Bertz CT molecular complexity index is 1430. The Morgan fingerprint density at radius 3 is 1.20 bits per heavy atom. The Morgan fingerprint density at radius 1 is 0.634 bits per heavy atom. The third-order valence-electron chi connectivity index (χ3n) is 9.08. The first-order valence-electron chi connectivity index (χ1n) is 21.5. The quantitative estimate of drug-likeness (QED) is 0.0184. The Balaban J connectivity index is -0.000000822. The first kappa shape index (κ1) is 75.2. The minimum atomic E-state index is -1.43. The number of halogens is 8. The highest BCUT2D eigenvalue weighted by Gasteiger charge is 2.31. The number of nitrogens with two attached hydrogens (primary N) is 1. The van der Waals surface area contributed by atoms with E-state index in [1.807, 2.05) is 9.80 Å². The molecule has 1 saturated heterocycles. The zero-order valence-corrected chi connectivity index (χ0v) is 50.1. The molecule has 0 aromatic carbocycles. The summed E-state index contributed by atoms with van der Waals surface area (Å²) in [5, 5.41) is 128. The molecule has 0 aliphatic carbocycles. The molecular formula is C38H72Br6Cl2N10O15. The van der Waals surface area contributed by atoms with Crippen LogP contribution >= 0.6 is 119 Å². The lowest BCUT2D eigenvalue weighted by molar-refractivity contribution is -0.139. The first-order chi connectivity index (χ1) is 33.4. The molecular weight excluding hydrogens is 1390 g/mol. The highest BCUT2D eigenvalue weighted by atomic mass is 79.9. The van der Waals surface area contributed by atoms with Crippen LogP contribution in [0.4, 0.5) is 5.82 Å². The van der Waals surface area contributed by atoms with Gasteiger partial charge in [-0.25, -0.2) is 4.98 Å². The second-order valence-corrected chi connectivity index (χ2v) is 19.8. The second-order valence-electron chi connectivity index (χ2n) is 14.9. The molecule has 1 aromatic heterocycles. The largest absolute Gasteiger partial charge is 0.389 e. The lowest BCUT2D eigenvalue weighted by Crippen LogP contribution is -2.50. The number of rotatable bonds is 28. The van der Waals surface area contributed by atoms with Gasteiger partial charge in [-0.2, -0.15) is 0 Å². The molecule has 71 heavy (non-hydrogen) atoms. The summed E-state index contributed by atoms with van der Waals surface area (Å²) in [6, 6.07) is 0. The molecule has 3 amide bonds. The van der Waals surface area contributed by atoms with Gasteiger partial charge in [0.1, 0.15) is 36.6 Å². The van der Waals surface area contributed by atoms with Crippen LogP contribution in [0.3, 0.4) is 0 Å². The lowest BCUT2D eigenvalue weighted by Gasteiger charge is -2.34. The van der Waals surface area contributed by atoms with E-state index in [0.717, 1.165) is 0 Å². The molecule has 25 nitrogen and oxygen atoms in total. The van der Waals surface area contributed by atoms with Crippen molar-refractivity contribution in [3.8, 4) is 0 Å². The molecule has 33 heteroatoms. The van der Waals surface area contributed by atoms with Crippen molar-refractivity contribution >= 4 is 142 Å². The average Bonchev–Trinajstić information content (AvgIpc) is 3.86. The van der Waals surface area contributed by atoms with Crippen LogP contribution in [0.25, 0.3) is 0 Å². The van der Waals surface area contributed by atoms with Crippen molar-refractivity contribution in [2.75, 3.05) is 110 Å². The van der Waals surface area contributed by atoms with E-state index < -0.39 is 79.2 Å². The molecule has 0 spiro atoms. The summed E-state index contributed by atoms with van der Waals surface area (Å²) in [5.41, 5.74) is 5.20. The summed E-state index contributed by atoms with van der Waals surface area (Å²) in [7, 11) is 3.42. The van der Waals surface area contributed by atoms with Crippen LogP contribution in [0.15, 0.2) is 16.7 Å². The van der Waals surface area contributed by atoms with Gasteiger partial charge in [0.2, 0.25) is 17.6 Å². The number of piperazine rings is 1. The monoisotopic (exact) mass is 1450 g/mol. The summed E-state index contributed by atoms with van der Waals surface area (Å²) in [5.74, 6) is 0.701. The zero-order chi connectivity index (χ0) is 55.2. The number of aliphatic hydroxyl groups excluding tert-OH is 12. The van der Waals surface area contributed by atoms with E-state index >= 15 is 0 Å². The van der Waals surface area contributed by atoms with E-state index in [1.165, 1.54) is 11.3 Å². The first-order valence-corrected chi connectivity index (χ1v) is 29.3. The van der Waals surface area contributed by atoms with Gasteiger partial charge in [-0.15, -0.1) is 28.3 Å². The number of hydrogen-bond donors (Lipinski definition) is 16. The summed E-state index contributed by atoms with van der Waals surface area (Å²) >= 11 is 29.1. The molecule has 420 valence electrons. The predicted molar refractivity (Wildman–Crippen MR) is 290 cm³/mol. The molecule has 12 atom stereocenters. The number of amides is 3. The molecule has 1 aliphatic rings. The van der Waals surface area contributed by atoms with Gasteiger partial charge in [-0.1, -0.05) is 101 Å². The van der Waals surface area contributed by atoms with E-state index in [0.29, 0.717) is 74.5 Å². The lowest BCUT2D eigenvalue weighted by atomic mass is 10.0. The van der Waals surface area contributed by atoms with Gasteiger partial charge in [0.15, 0.2) is 5.69 Å². The summed E-state index contributed by atoms with van der Waals surface area (Å²) < 4.78 is 0. The number of primary amides is 1. The van der Waals surface area contributed by atoms with Gasteiger partial charge < -0.3 is 92.4 Å². The van der Waals surface area contributed by atoms with Gasteiger partial charge >= 0.3 is 0 Å². The Morgan fingerprint density at radius 2 is 0.944 bits per heavy atom. The van der Waals surface area contributed by atoms with Crippen molar-refractivity contribution < 1.29 is 75.7 Å². The maximum absolute atomic E-state index is 11.6. The van der Waals surface area contributed by atoms with Gasteiger partial charge in [0.25, 0.3) is 5.91 Å². The van der Waals surface area contributed by atoms with Crippen LogP contribution in [-0.4, -0.2) is 287 Å². The fraction of sp³-hybridized carbons (Fsp3) is 0.842. The zero-order valence-electron chi connectivity index (χ0n) is 39.1. The van der Waals surface area contributed by atoms with Crippen LogP contribution in [0, 0.1) is 0 Å². The third-order valence-corrected chi connectivity index (χ3v) is 12.9. The summed E-state index contributed by atoms with van der Waals surface area (Å²) in [4.78, 5) is 43.9. The van der Waals surface area contributed by atoms with Crippen molar-refractivity contribution in [2.45, 2.75) is 86.1 Å². The molecule has 1 aliphatic heterocycles. The molecule has 0 bridgehead atoms. The van der Waals surface area contributed by atoms with E-state index in [1.54, 1.807) is 14.1 Å². The smallest absolute Gasteiger partial charge is 0.269 e. The Labute approximate surface area is 474 Å². The van der Waals surface area contributed by atoms with E-state index in [9.17, 15) is 55.2 Å². The van der Waals surface area contributed by atoms with E-state index in [2.05, 4.69) is 127 Å². The molecule has 1 fully saturated rings. The minimum absolute atomic E-state index is 0.0901.